The second-order valence-corrected chi connectivity index (χ2v) is 6.35. The number of carbonyl (C=O) groups excluding carboxylic acids is 2. The summed E-state index contributed by atoms with van der Waals surface area (Å²) in [6.07, 6.45) is -3.90. The monoisotopic (exact) mass is 462 g/mol. The molecule has 11 heteroatoms. The van der Waals surface area contributed by atoms with Gasteiger partial charge < -0.3 is 9.47 Å². The maximum Gasteiger partial charge on any atom is 0.464 e. The van der Waals surface area contributed by atoms with Gasteiger partial charge in [0.25, 0.3) is 11.7 Å². The van der Waals surface area contributed by atoms with E-state index in [-0.39, 0.29) is 17.1 Å². The standard InChI is InChI=1S/C17H15BrF3N3O4/c1-27-12-6-4-3-5-11(12)14(25)24-16(15(26)28-2,17(19,20)21)23-13-8-7-10(18)9-22-13/h3-9H,1-2H3,(H,22,23)(H,24,25)/p+1/t16-/m1/s1. The van der Waals surface area contributed by atoms with E-state index >= 15 is 0 Å². The molecular formula is C17H16BrF3N3O4+. The first-order valence-electron chi connectivity index (χ1n) is 7.70. The van der Waals surface area contributed by atoms with Gasteiger partial charge in [0.15, 0.2) is 0 Å². The van der Waals surface area contributed by atoms with E-state index in [2.05, 4.69) is 25.7 Å². The normalized spacial score (nSPS) is 13.2. The van der Waals surface area contributed by atoms with Crippen LogP contribution < -0.4 is 20.4 Å². The topological polar surface area (TPSA) is 90.8 Å². The quantitative estimate of drug-likeness (QED) is 0.508. The van der Waals surface area contributed by atoms with Crippen LogP contribution in [-0.4, -0.2) is 37.9 Å². The van der Waals surface area contributed by atoms with Gasteiger partial charge in [-0.05, 0) is 34.1 Å². The third-order valence-electron chi connectivity index (χ3n) is 3.67. The molecule has 2 aromatic rings. The Bertz CT molecular complexity index is 861. The van der Waals surface area contributed by atoms with Crippen molar-refractivity contribution >= 4 is 33.6 Å². The zero-order chi connectivity index (χ0) is 20.9. The van der Waals surface area contributed by atoms with Crippen molar-refractivity contribution < 1.29 is 37.2 Å². The molecule has 1 amide bonds. The summed E-state index contributed by atoms with van der Waals surface area (Å²) < 4.78 is 51.9. The fraction of sp³-hybridized carbons (Fsp3) is 0.235. The molecule has 1 atom stereocenters. The minimum atomic E-state index is -5.25. The Balaban J connectivity index is 2.51. The predicted molar refractivity (Wildman–Crippen MR) is 95.6 cm³/mol. The lowest BCUT2D eigenvalue weighted by molar-refractivity contribution is -0.363. The van der Waals surface area contributed by atoms with Gasteiger partial charge in [0.1, 0.15) is 11.9 Å². The summed E-state index contributed by atoms with van der Waals surface area (Å²) in [5, 5.41) is 3.71. The Morgan fingerprint density at radius 2 is 1.79 bits per heavy atom. The van der Waals surface area contributed by atoms with Crippen LogP contribution in [0.1, 0.15) is 10.4 Å². The molecule has 0 spiro atoms. The molecule has 3 N–H and O–H groups in total. The number of rotatable bonds is 6. The summed E-state index contributed by atoms with van der Waals surface area (Å²) in [6, 6.07) is 8.35. The molecule has 0 unspecified atom stereocenters. The van der Waals surface area contributed by atoms with Crippen LogP contribution in [0.2, 0.25) is 0 Å². The van der Waals surface area contributed by atoms with Gasteiger partial charge in [0.2, 0.25) is 0 Å². The first kappa shape index (κ1) is 21.5. The summed E-state index contributed by atoms with van der Waals surface area (Å²) in [5.41, 5.74) is -3.74. The second kappa shape index (κ2) is 8.46. The number of anilines is 1. The number of nitrogens with one attached hydrogen (secondary N) is 3. The van der Waals surface area contributed by atoms with Crippen LogP contribution >= 0.6 is 15.9 Å². The minimum absolute atomic E-state index is 0.0381. The van der Waals surface area contributed by atoms with Crippen LogP contribution in [-0.2, 0) is 9.53 Å². The van der Waals surface area contributed by atoms with Crippen LogP contribution in [0.4, 0.5) is 19.0 Å². The number of para-hydroxylation sites is 1. The number of ether oxygens (including phenoxy) is 2. The molecule has 1 aromatic carbocycles. The molecule has 0 bridgehead atoms. The number of hydrogen-bond acceptors (Lipinski definition) is 5. The highest BCUT2D eigenvalue weighted by atomic mass is 79.9. The maximum absolute atomic E-state index is 14.0. The summed E-state index contributed by atoms with van der Waals surface area (Å²) in [5.74, 6) is -3.09. The van der Waals surface area contributed by atoms with Crippen molar-refractivity contribution in [2.75, 3.05) is 19.5 Å². The smallest absolute Gasteiger partial charge is 0.464 e. The highest BCUT2D eigenvalue weighted by Crippen LogP contribution is 2.33. The Hall–Kier alpha value is -2.82. The number of carbonyl (C=O) groups is 2. The van der Waals surface area contributed by atoms with Gasteiger partial charge >= 0.3 is 17.8 Å². The van der Waals surface area contributed by atoms with Crippen LogP contribution in [0.15, 0.2) is 47.1 Å². The van der Waals surface area contributed by atoms with E-state index in [1.165, 1.54) is 43.6 Å². The number of hydrogen-bond donors (Lipinski definition) is 2. The molecule has 150 valence electrons. The zero-order valence-electron chi connectivity index (χ0n) is 14.7. The number of H-pyrrole nitrogens is 1. The van der Waals surface area contributed by atoms with E-state index in [0.29, 0.717) is 4.47 Å². The van der Waals surface area contributed by atoms with E-state index in [9.17, 15) is 22.8 Å². The molecule has 0 saturated carbocycles. The molecule has 0 saturated heterocycles. The van der Waals surface area contributed by atoms with Crippen molar-refractivity contribution in [3.05, 3.63) is 52.6 Å². The van der Waals surface area contributed by atoms with Crippen LogP contribution in [0.25, 0.3) is 0 Å². The Labute approximate surface area is 166 Å². The van der Waals surface area contributed by atoms with Gasteiger partial charge in [-0.1, -0.05) is 12.1 Å². The number of amides is 1. The van der Waals surface area contributed by atoms with E-state index in [1.54, 1.807) is 11.4 Å². The minimum Gasteiger partial charge on any atom is -0.496 e. The molecule has 2 rings (SSSR count). The summed E-state index contributed by atoms with van der Waals surface area (Å²) in [7, 11) is 2.05. The lowest BCUT2D eigenvalue weighted by atomic mass is 10.1. The molecule has 0 aliphatic rings. The van der Waals surface area contributed by atoms with Gasteiger partial charge in [0, 0.05) is 6.07 Å². The summed E-state index contributed by atoms with van der Waals surface area (Å²) >= 11 is 3.14. The van der Waals surface area contributed by atoms with Gasteiger partial charge in [-0.15, -0.1) is 0 Å². The first-order valence-corrected chi connectivity index (χ1v) is 8.50. The first-order chi connectivity index (χ1) is 13.1. The van der Waals surface area contributed by atoms with E-state index in [4.69, 9.17) is 4.74 Å². The molecule has 1 heterocycles. The van der Waals surface area contributed by atoms with Crippen molar-refractivity contribution in [1.82, 2.24) is 5.32 Å². The number of halogens is 4. The second-order valence-electron chi connectivity index (χ2n) is 5.44. The number of methoxy groups -OCH3 is 2. The van der Waals surface area contributed by atoms with Crippen molar-refractivity contribution in [2.24, 2.45) is 0 Å². The van der Waals surface area contributed by atoms with E-state index < -0.39 is 23.7 Å². The summed E-state index contributed by atoms with van der Waals surface area (Å²) in [6.45, 7) is 0. The summed E-state index contributed by atoms with van der Waals surface area (Å²) in [4.78, 5) is 27.3. The maximum atomic E-state index is 14.0. The number of aromatic amines is 1. The predicted octanol–water partition coefficient (Wildman–Crippen LogP) is 2.55. The molecule has 0 radical (unpaired) electrons. The molecule has 28 heavy (non-hydrogen) atoms. The fourth-order valence-electron chi connectivity index (χ4n) is 2.30. The third-order valence-corrected chi connectivity index (χ3v) is 4.16. The highest BCUT2D eigenvalue weighted by Gasteiger charge is 2.67. The SMILES string of the molecule is COC(=O)[C@](NC(=O)c1ccccc1OC)(Nc1ccc(Br)c[nH+]1)C(F)(F)F. The van der Waals surface area contributed by atoms with Crippen LogP contribution in [0.5, 0.6) is 5.75 Å². The third kappa shape index (κ3) is 4.35. The van der Waals surface area contributed by atoms with Crippen molar-refractivity contribution in [1.29, 1.82) is 0 Å². The molecule has 0 aliphatic carbocycles. The fourth-order valence-corrected chi connectivity index (χ4v) is 2.55. The van der Waals surface area contributed by atoms with E-state index in [0.717, 1.165) is 7.11 Å². The van der Waals surface area contributed by atoms with Crippen LogP contribution in [0, 0.1) is 0 Å². The lowest BCUT2D eigenvalue weighted by Crippen LogP contribution is -2.69. The number of pyridine rings is 1. The van der Waals surface area contributed by atoms with Crippen LogP contribution in [0.3, 0.4) is 0 Å². The average Bonchev–Trinajstić information content (AvgIpc) is 2.67. The van der Waals surface area contributed by atoms with Gasteiger partial charge in [0.05, 0.1) is 24.3 Å². The Morgan fingerprint density at radius 3 is 2.32 bits per heavy atom. The Kier molecular flexibility index (Phi) is 6.49. The number of aromatic nitrogens is 1. The number of alkyl halides is 3. The van der Waals surface area contributed by atoms with Crippen molar-refractivity contribution in [2.45, 2.75) is 11.8 Å². The Morgan fingerprint density at radius 1 is 1.11 bits per heavy atom. The van der Waals surface area contributed by atoms with E-state index in [1.807, 2.05) is 5.32 Å². The number of benzene rings is 1. The highest BCUT2D eigenvalue weighted by molar-refractivity contribution is 9.10. The van der Waals surface area contributed by atoms with Crippen molar-refractivity contribution in [3.63, 3.8) is 0 Å². The molecule has 0 aliphatic heterocycles. The largest absolute Gasteiger partial charge is 0.496 e. The van der Waals surface area contributed by atoms with Gasteiger partial charge in [-0.25, -0.2) is 15.1 Å². The molecular weight excluding hydrogens is 447 g/mol. The molecule has 7 nitrogen and oxygen atoms in total. The average molecular weight is 463 g/mol. The molecule has 0 fully saturated rings. The van der Waals surface area contributed by atoms with Crippen molar-refractivity contribution in [3.8, 4) is 5.75 Å². The number of esters is 1. The lowest BCUT2D eigenvalue weighted by Gasteiger charge is -2.30. The zero-order valence-corrected chi connectivity index (χ0v) is 16.3. The van der Waals surface area contributed by atoms with Gasteiger partial charge in [-0.3, -0.25) is 10.1 Å². The molecule has 1 aromatic heterocycles. The van der Waals surface area contributed by atoms with Gasteiger partial charge in [-0.2, -0.15) is 13.2 Å².